The number of carbonyl (C=O) groups excluding carboxylic acids is 1. The van der Waals surface area contributed by atoms with Crippen LogP contribution in [0.25, 0.3) is 0 Å². The van der Waals surface area contributed by atoms with E-state index in [1.165, 1.54) is 0 Å². The van der Waals surface area contributed by atoms with E-state index in [9.17, 15) is 4.79 Å². The molecule has 1 amide bonds. The molecule has 0 atom stereocenters. The molecule has 0 saturated carbocycles. The van der Waals surface area contributed by atoms with Crippen LogP contribution in [0.2, 0.25) is 0 Å². The Balaban J connectivity index is 2.90. The molecule has 3 heteroatoms. The molecule has 0 aromatic heterocycles. The van der Waals surface area contributed by atoms with Gasteiger partial charge < -0.3 is 11.1 Å². The van der Waals surface area contributed by atoms with Crippen molar-refractivity contribution >= 4 is 11.6 Å². The van der Waals surface area contributed by atoms with Crippen molar-refractivity contribution in [1.82, 2.24) is 5.32 Å². The van der Waals surface area contributed by atoms with Crippen molar-refractivity contribution in [3.63, 3.8) is 0 Å². The van der Waals surface area contributed by atoms with Crippen LogP contribution < -0.4 is 11.1 Å². The number of benzene rings is 1. The van der Waals surface area contributed by atoms with Crippen molar-refractivity contribution < 1.29 is 4.79 Å². The molecular formula is C15H24N2O. The number of hydrogen-bond acceptors (Lipinski definition) is 2. The molecule has 0 unspecified atom stereocenters. The number of rotatable bonds is 5. The Morgan fingerprint density at radius 3 is 2.22 bits per heavy atom. The highest BCUT2D eigenvalue weighted by Gasteiger charge is 2.26. The zero-order chi connectivity index (χ0) is 13.8. The minimum Gasteiger partial charge on any atom is -0.399 e. The highest BCUT2D eigenvalue weighted by atomic mass is 16.1. The maximum absolute atomic E-state index is 12.2. The minimum absolute atomic E-state index is 0.0105. The van der Waals surface area contributed by atoms with Gasteiger partial charge >= 0.3 is 0 Å². The second-order valence-electron chi connectivity index (χ2n) is 4.87. The topological polar surface area (TPSA) is 55.1 Å². The molecule has 0 aliphatic rings. The number of aryl methyl sites for hydroxylation is 1. The quantitative estimate of drug-likeness (QED) is 0.786. The van der Waals surface area contributed by atoms with Gasteiger partial charge in [0.05, 0.1) is 0 Å². The van der Waals surface area contributed by atoms with Crippen molar-refractivity contribution in [2.45, 2.75) is 52.5 Å². The largest absolute Gasteiger partial charge is 0.399 e. The Bertz CT molecular complexity index is 414. The number of hydrogen-bond donors (Lipinski definition) is 2. The number of nitrogen functional groups attached to an aromatic ring is 1. The van der Waals surface area contributed by atoms with Crippen molar-refractivity contribution in [3.05, 3.63) is 29.3 Å². The standard InChI is InChI=1S/C15H24N2O/c1-5-15(6-2,7-3)17-14(18)12-8-9-13(16)11(4)10-12/h8-10H,5-7,16H2,1-4H3,(H,17,18). The third-order valence-corrected chi connectivity index (χ3v) is 3.94. The van der Waals surface area contributed by atoms with Crippen molar-refractivity contribution in [2.75, 3.05) is 5.73 Å². The molecule has 3 N–H and O–H groups in total. The number of amides is 1. The highest BCUT2D eigenvalue weighted by Crippen LogP contribution is 2.21. The van der Waals surface area contributed by atoms with Crippen LogP contribution in [0.15, 0.2) is 18.2 Å². The van der Waals surface area contributed by atoms with E-state index < -0.39 is 0 Å². The second-order valence-corrected chi connectivity index (χ2v) is 4.87. The predicted octanol–water partition coefficient (Wildman–Crippen LogP) is 3.28. The smallest absolute Gasteiger partial charge is 0.251 e. The minimum atomic E-state index is -0.0909. The summed E-state index contributed by atoms with van der Waals surface area (Å²) < 4.78 is 0. The summed E-state index contributed by atoms with van der Waals surface area (Å²) in [6.45, 7) is 8.25. The number of nitrogens with two attached hydrogens (primary N) is 1. The fourth-order valence-electron chi connectivity index (χ4n) is 2.15. The van der Waals surface area contributed by atoms with Gasteiger partial charge in [-0.2, -0.15) is 0 Å². The third kappa shape index (κ3) is 3.03. The molecular weight excluding hydrogens is 224 g/mol. The van der Waals surface area contributed by atoms with Gasteiger partial charge in [0.15, 0.2) is 0 Å². The first-order valence-corrected chi connectivity index (χ1v) is 6.66. The third-order valence-electron chi connectivity index (χ3n) is 3.94. The molecule has 0 bridgehead atoms. The summed E-state index contributed by atoms with van der Waals surface area (Å²) in [7, 11) is 0. The highest BCUT2D eigenvalue weighted by molar-refractivity contribution is 5.95. The molecule has 0 radical (unpaired) electrons. The lowest BCUT2D eigenvalue weighted by atomic mass is 9.89. The predicted molar refractivity (Wildman–Crippen MR) is 76.7 cm³/mol. The lowest BCUT2D eigenvalue weighted by Crippen LogP contribution is -2.47. The normalized spacial score (nSPS) is 11.3. The fraction of sp³-hybridized carbons (Fsp3) is 0.533. The first-order chi connectivity index (χ1) is 8.48. The molecule has 0 aliphatic carbocycles. The van der Waals surface area contributed by atoms with Crippen LogP contribution in [-0.2, 0) is 0 Å². The van der Waals surface area contributed by atoms with Crippen LogP contribution in [0, 0.1) is 6.92 Å². The number of carbonyl (C=O) groups is 1. The Kier molecular flexibility index (Phi) is 4.76. The molecule has 1 aromatic rings. The first-order valence-electron chi connectivity index (χ1n) is 6.66. The Labute approximate surface area is 110 Å². The average Bonchev–Trinajstić information content (AvgIpc) is 2.39. The monoisotopic (exact) mass is 248 g/mol. The summed E-state index contributed by atoms with van der Waals surface area (Å²) in [5.74, 6) is -0.0105. The Hall–Kier alpha value is -1.51. The Morgan fingerprint density at radius 1 is 1.22 bits per heavy atom. The second kappa shape index (κ2) is 5.89. The van der Waals surface area contributed by atoms with Crippen LogP contribution in [0.3, 0.4) is 0 Å². The van der Waals surface area contributed by atoms with Crippen molar-refractivity contribution in [3.8, 4) is 0 Å². The summed E-state index contributed by atoms with van der Waals surface area (Å²) >= 11 is 0. The number of nitrogens with one attached hydrogen (secondary N) is 1. The summed E-state index contributed by atoms with van der Waals surface area (Å²) in [5.41, 5.74) is 8.02. The maximum Gasteiger partial charge on any atom is 0.251 e. The maximum atomic E-state index is 12.2. The molecule has 0 aliphatic heterocycles. The molecule has 1 rings (SSSR count). The lowest BCUT2D eigenvalue weighted by molar-refractivity contribution is 0.0888. The van der Waals surface area contributed by atoms with E-state index in [-0.39, 0.29) is 11.4 Å². The van der Waals surface area contributed by atoms with Gasteiger partial charge in [-0.1, -0.05) is 20.8 Å². The van der Waals surface area contributed by atoms with Gasteiger partial charge in [0.25, 0.3) is 5.91 Å². The van der Waals surface area contributed by atoms with Gasteiger partial charge in [0, 0.05) is 16.8 Å². The van der Waals surface area contributed by atoms with Crippen LogP contribution in [0.4, 0.5) is 5.69 Å². The summed E-state index contributed by atoms with van der Waals surface area (Å²) in [4.78, 5) is 12.2. The van der Waals surface area contributed by atoms with Gasteiger partial charge in [-0.25, -0.2) is 0 Å². The van der Waals surface area contributed by atoms with E-state index >= 15 is 0 Å². The van der Waals surface area contributed by atoms with E-state index in [2.05, 4.69) is 26.1 Å². The SMILES string of the molecule is CCC(CC)(CC)NC(=O)c1ccc(N)c(C)c1. The van der Waals surface area contributed by atoms with Crippen molar-refractivity contribution in [2.24, 2.45) is 0 Å². The zero-order valence-corrected chi connectivity index (χ0v) is 11.8. The van der Waals surface area contributed by atoms with Crippen LogP contribution >= 0.6 is 0 Å². The molecule has 18 heavy (non-hydrogen) atoms. The molecule has 100 valence electrons. The Morgan fingerprint density at radius 2 is 1.78 bits per heavy atom. The van der Waals surface area contributed by atoms with Crippen molar-refractivity contribution in [1.29, 1.82) is 0 Å². The van der Waals surface area contributed by atoms with E-state index in [4.69, 9.17) is 5.73 Å². The summed E-state index contributed by atoms with van der Waals surface area (Å²) in [6, 6.07) is 5.41. The van der Waals surface area contributed by atoms with E-state index in [1.54, 1.807) is 12.1 Å². The molecule has 0 fully saturated rings. The summed E-state index contributed by atoms with van der Waals surface area (Å²) in [5, 5.41) is 3.16. The zero-order valence-electron chi connectivity index (χ0n) is 11.8. The van der Waals surface area contributed by atoms with Gasteiger partial charge in [-0.15, -0.1) is 0 Å². The molecule has 1 aromatic carbocycles. The van der Waals surface area contributed by atoms with Gasteiger partial charge in [0.1, 0.15) is 0 Å². The number of anilines is 1. The molecule has 3 nitrogen and oxygen atoms in total. The van der Waals surface area contributed by atoms with E-state index in [0.717, 1.165) is 30.5 Å². The average molecular weight is 248 g/mol. The lowest BCUT2D eigenvalue weighted by Gasteiger charge is -2.31. The first kappa shape index (κ1) is 14.6. The molecule has 0 saturated heterocycles. The van der Waals surface area contributed by atoms with Crippen LogP contribution in [-0.4, -0.2) is 11.4 Å². The molecule has 0 heterocycles. The van der Waals surface area contributed by atoms with Gasteiger partial charge in [-0.3, -0.25) is 4.79 Å². The van der Waals surface area contributed by atoms with Gasteiger partial charge in [-0.05, 0) is 49.9 Å². The van der Waals surface area contributed by atoms with Crippen LogP contribution in [0.5, 0.6) is 0 Å². The fourth-order valence-corrected chi connectivity index (χ4v) is 2.15. The van der Waals surface area contributed by atoms with Crippen LogP contribution in [0.1, 0.15) is 56.0 Å². The summed E-state index contributed by atoms with van der Waals surface area (Å²) in [6.07, 6.45) is 2.83. The van der Waals surface area contributed by atoms with Gasteiger partial charge in [0.2, 0.25) is 0 Å². The van der Waals surface area contributed by atoms with E-state index in [0.29, 0.717) is 5.56 Å². The molecule has 0 spiro atoms. The van der Waals surface area contributed by atoms with E-state index in [1.807, 2.05) is 13.0 Å².